The predicted molar refractivity (Wildman–Crippen MR) is 76.2 cm³/mol. The molecule has 1 aromatic rings. The van der Waals surface area contributed by atoms with E-state index in [2.05, 4.69) is 15.6 Å². The van der Waals surface area contributed by atoms with E-state index in [0.29, 0.717) is 29.6 Å². The van der Waals surface area contributed by atoms with Crippen LogP contribution in [0.2, 0.25) is 0 Å². The first-order chi connectivity index (χ1) is 9.55. The molecule has 0 saturated carbocycles. The highest BCUT2D eigenvalue weighted by Crippen LogP contribution is 2.34. The Morgan fingerprint density at radius 1 is 1.30 bits per heavy atom. The fourth-order valence-electron chi connectivity index (χ4n) is 2.19. The summed E-state index contributed by atoms with van der Waals surface area (Å²) in [5.41, 5.74) is -0.230. The molecule has 20 heavy (non-hydrogen) atoms. The Morgan fingerprint density at radius 2 is 2.05 bits per heavy atom. The van der Waals surface area contributed by atoms with Gasteiger partial charge in [-0.05, 0) is 32.0 Å². The lowest BCUT2D eigenvalue weighted by Gasteiger charge is -2.24. The van der Waals surface area contributed by atoms with Crippen LogP contribution in [0.4, 0.5) is 0 Å². The molecule has 108 valence electrons. The number of benzene rings is 1. The van der Waals surface area contributed by atoms with Crippen LogP contribution in [-0.4, -0.2) is 32.6 Å². The minimum absolute atomic E-state index is 0.170. The Labute approximate surface area is 118 Å². The van der Waals surface area contributed by atoms with E-state index < -0.39 is 5.54 Å². The van der Waals surface area contributed by atoms with Gasteiger partial charge < -0.3 is 14.8 Å². The molecule has 0 aromatic heterocycles. The molecule has 1 unspecified atom stereocenters. The number of carbonyl (C=O) groups is 1. The molecule has 0 radical (unpaired) electrons. The average molecular weight is 277 g/mol. The van der Waals surface area contributed by atoms with Crippen molar-refractivity contribution >= 4 is 11.9 Å². The van der Waals surface area contributed by atoms with Crippen LogP contribution in [0.3, 0.4) is 0 Å². The fourth-order valence-corrected chi connectivity index (χ4v) is 2.19. The third-order valence-corrected chi connectivity index (χ3v) is 3.32. The molecular weight excluding hydrogens is 258 g/mol. The van der Waals surface area contributed by atoms with E-state index >= 15 is 0 Å². The summed E-state index contributed by atoms with van der Waals surface area (Å²) < 4.78 is 10.6. The van der Waals surface area contributed by atoms with Crippen molar-refractivity contribution in [1.82, 2.24) is 10.6 Å². The summed E-state index contributed by atoms with van der Waals surface area (Å²) in [5.74, 6) is 1.59. The van der Waals surface area contributed by atoms with Gasteiger partial charge in [-0.1, -0.05) is 0 Å². The number of carbonyl (C=O) groups excluding carboxylic acids is 1. The lowest BCUT2D eigenvalue weighted by atomic mass is 9.91. The van der Waals surface area contributed by atoms with E-state index in [4.69, 9.17) is 9.47 Å². The van der Waals surface area contributed by atoms with Crippen molar-refractivity contribution in [3.63, 3.8) is 0 Å². The highest BCUT2D eigenvalue weighted by Gasteiger charge is 2.44. The number of rotatable bonds is 4. The van der Waals surface area contributed by atoms with Gasteiger partial charge in [-0.15, -0.1) is 0 Å². The number of nitrogens with one attached hydrogen (secondary N) is 2. The number of guanidine groups is 1. The second-order valence-corrected chi connectivity index (χ2v) is 4.59. The van der Waals surface area contributed by atoms with E-state index in [-0.39, 0.29) is 5.91 Å². The molecule has 1 saturated heterocycles. The summed E-state index contributed by atoms with van der Waals surface area (Å²) >= 11 is 0. The van der Waals surface area contributed by atoms with Gasteiger partial charge in [0, 0.05) is 12.1 Å². The highest BCUT2D eigenvalue weighted by molar-refractivity contribution is 6.09. The Hall–Kier alpha value is -2.24. The Bertz CT molecular complexity index is 557. The third-order valence-electron chi connectivity index (χ3n) is 3.32. The first-order valence-electron chi connectivity index (χ1n) is 6.41. The topological polar surface area (TPSA) is 72.0 Å². The number of hydrogen-bond acceptors (Lipinski definition) is 4. The van der Waals surface area contributed by atoms with Crippen molar-refractivity contribution in [2.24, 2.45) is 4.99 Å². The van der Waals surface area contributed by atoms with Crippen LogP contribution in [0.5, 0.6) is 11.5 Å². The molecule has 6 heteroatoms. The summed E-state index contributed by atoms with van der Waals surface area (Å²) in [4.78, 5) is 16.5. The Morgan fingerprint density at radius 3 is 2.65 bits per heavy atom. The lowest BCUT2D eigenvalue weighted by Crippen LogP contribution is -2.41. The van der Waals surface area contributed by atoms with Gasteiger partial charge >= 0.3 is 0 Å². The highest BCUT2D eigenvalue weighted by atomic mass is 16.5. The number of nitrogens with zero attached hydrogens (tertiary/aromatic N) is 1. The smallest absolute Gasteiger partial charge is 0.256 e. The van der Waals surface area contributed by atoms with Gasteiger partial charge in [-0.2, -0.15) is 0 Å². The van der Waals surface area contributed by atoms with Crippen molar-refractivity contribution in [3.8, 4) is 11.5 Å². The zero-order valence-corrected chi connectivity index (χ0v) is 12.1. The standard InChI is InChI=1S/C14H19N3O3/c1-5-15-13-16-12(18)14(2,17-13)10-8-9(19-3)6-7-11(10)20-4/h6-8H,5H2,1-4H3,(H2,15,16,17,18). The molecule has 1 aliphatic heterocycles. The second kappa shape index (κ2) is 5.40. The SMILES string of the molecule is CCN=C1NC(=O)C(C)(c2cc(OC)ccc2OC)N1. The zero-order valence-electron chi connectivity index (χ0n) is 12.1. The fraction of sp³-hybridized carbons (Fsp3) is 0.429. The summed E-state index contributed by atoms with van der Waals surface area (Å²) in [6.07, 6.45) is 0. The molecule has 1 fully saturated rings. The number of methoxy groups -OCH3 is 2. The van der Waals surface area contributed by atoms with Gasteiger partial charge in [0.25, 0.3) is 5.91 Å². The summed E-state index contributed by atoms with van der Waals surface area (Å²) in [6.45, 7) is 4.29. The molecule has 6 nitrogen and oxygen atoms in total. The maximum absolute atomic E-state index is 12.3. The molecule has 1 atom stereocenters. The number of amides is 1. The molecule has 0 aliphatic carbocycles. The third kappa shape index (κ3) is 2.29. The summed E-state index contributed by atoms with van der Waals surface area (Å²) in [7, 11) is 3.16. The van der Waals surface area contributed by atoms with E-state index in [1.807, 2.05) is 6.92 Å². The number of hydrogen-bond donors (Lipinski definition) is 2. The van der Waals surface area contributed by atoms with Crippen molar-refractivity contribution in [3.05, 3.63) is 23.8 Å². The van der Waals surface area contributed by atoms with E-state index in [9.17, 15) is 4.79 Å². The van der Waals surface area contributed by atoms with Gasteiger partial charge in [-0.25, -0.2) is 0 Å². The average Bonchev–Trinajstić information content (AvgIpc) is 2.74. The van der Waals surface area contributed by atoms with Crippen molar-refractivity contribution in [2.75, 3.05) is 20.8 Å². The molecule has 2 N–H and O–H groups in total. The number of ether oxygens (including phenoxy) is 2. The maximum Gasteiger partial charge on any atom is 0.256 e. The van der Waals surface area contributed by atoms with Gasteiger partial charge in [0.15, 0.2) is 5.96 Å². The largest absolute Gasteiger partial charge is 0.497 e. The first kappa shape index (κ1) is 14.2. The number of aliphatic imine (C=N–C) groups is 1. The molecule has 0 bridgehead atoms. The van der Waals surface area contributed by atoms with Crippen molar-refractivity contribution in [2.45, 2.75) is 19.4 Å². The van der Waals surface area contributed by atoms with Crippen LogP contribution >= 0.6 is 0 Å². The normalized spacial score (nSPS) is 23.4. The predicted octanol–water partition coefficient (Wildman–Crippen LogP) is 1.01. The van der Waals surface area contributed by atoms with E-state index in [1.165, 1.54) is 0 Å². The van der Waals surface area contributed by atoms with Crippen molar-refractivity contribution in [1.29, 1.82) is 0 Å². The first-order valence-corrected chi connectivity index (χ1v) is 6.41. The Kier molecular flexibility index (Phi) is 3.83. The second-order valence-electron chi connectivity index (χ2n) is 4.59. The molecular formula is C14H19N3O3. The van der Waals surface area contributed by atoms with E-state index in [0.717, 1.165) is 0 Å². The monoisotopic (exact) mass is 277 g/mol. The quantitative estimate of drug-likeness (QED) is 0.861. The molecule has 2 rings (SSSR count). The Balaban J connectivity index is 2.48. The van der Waals surface area contributed by atoms with Gasteiger partial charge in [0.05, 0.1) is 14.2 Å². The van der Waals surface area contributed by atoms with Crippen LogP contribution in [-0.2, 0) is 10.3 Å². The van der Waals surface area contributed by atoms with Crippen LogP contribution in [0.15, 0.2) is 23.2 Å². The van der Waals surface area contributed by atoms with Crippen molar-refractivity contribution < 1.29 is 14.3 Å². The van der Waals surface area contributed by atoms with Crippen LogP contribution in [0.25, 0.3) is 0 Å². The molecule has 1 aromatic carbocycles. The molecule has 1 heterocycles. The van der Waals surface area contributed by atoms with E-state index in [1.54, 1.807) is 39.3 Å². The minimum Gasteiger partial charge on any atom is -0.497 e. The van der Waals surface area contributed by atoms with Crippen LogP contribution < -0.4 is 20.1 Å². The van der Waals surface area contributed by atoms with Gasteiger partial charge in [-0.3, -0.25) is 15.1 Å². The lowest BCUT2D eigenvalue weighted by molar-refractivity contribution is -0.123. The van der Waals surface area contributed by atoms with Gasteiger partial charge in [0.2, 0.25) is 0 Å². The zero-order chi connectivity index (χ0) is 14.8. The summed E-state index contributed by atoms with van der Waals surface area (Å²) in [5, 5.41) is 5.85. The molecule has 0 spiro atoms. The van der Waals surface area contributed by atoms with Gasteiger partial charge in [0.1, 0.15) is 17.0 Å². The van der Waals surface area contributed by atoms with Crippen LogP contribution in [0.1, 0.15) is 19.4 Å². The molecule has 1 aliphatic rings. The summed E-state index contributed by atoms with van der Waals surface area (Å²) in [6, 6.07) is 5.36. The minimum atomic E-state index is -0.937. The molecule has 1 amide bonds. The maximum atomic E-state index is 12.3. The van der Waals surface area contributed by atoms with Crippen LogP contribution in [0, 0.1) is 0 Å².